The second kappa shape index (κ2) is 4.31. The highest BCUT2D eigenvalue weighted by atomic mass is 17.2. The molecule has 2 fully saturated rings. The Morgan fingerprint density at radius 1 is 1.06 bits per heavy atom. The Morgan fingerprint density at radius 3 is 2.35 bits per heavy atom. The van der Waals surface area contributed by atoms with Crippen LogP contribution in [0.1, 0.15) is 43.6 Å². The Hall–Kier alpha value is -1.06. The summed E-state index contributed by atoms with van der Waals surface area (Å²) in [6.45, 7) is 0.740. The van der Waals surface area contributed by atoms with Gasteiger partial charge < -0.3 is 5.11 Å². The van der Waals surface area contributed by atoms with Gasteiger partial charge in [-0.15, -0.1) is 0 Å². The highest BCUT2D eigenvalue weighted by Gasteiger charge is 2.40. The fraction of sp³-hybridized carbons (Fsp3) is 0.571. The number of hydrogen-bond acceptors (Lipinski definition) is 3. The summed E-state index contributed by atoms with van der Waals surface area (Å²) in [7, 11) is 0. The fourth-order valence-electron chi connectivity index (χ4n) is 2.99. The molecule has 1 N–H and O–H groups in total. The first-order valence-corrected chi connectivity index (χ1v) is 6.37. The Morgan fingerprint density at radius 2 is 1.76 bits per heavy atom. The number of phenols is 1. The molecular weight excluding hydrogens is 216 g/mol. The van der Waals surface area contributed by atoms with Crippen LogP contribution < -0.4 is 0 Å². The summed E-state index contributed by atoms with van der Waals surface area (Å²) in [6.07, 6.45) is 5.49. The zero-order chi connectivity index (χ0) is 11.7. The first-order chi connectivity index (χ1) is 8.27. The summed E-state index contributed by atoms with van der Waals surface area (Å²) >= 11 is 0. The van der Waals surface area contributed by atoms with Crippen LogP contribution in [-0.2, 0) is 9.78 Å². The predicted octanol–water partition coefficient (Wildman–Crippen LogP) is 3.14. The van der Waals surface area contributed by atoms with Gasteiger partial charge in [-0.1, -0.05) is 12.1 Å². The lowest BCUT2D eigenvalue weighted by molar-refractivity contribution is -0.314. The molecule has 1 spiro atoms. The van der Waals surface area contributed by atoms with Gasteiger partial charge in [-0.05, 0) is 49.3 Å². The Labute approximate surface area is 101 Å². The molecule has 92 valence electrons. The molecule has 0 amide bonds. The van der Waals surface area contributed by atoms with E-state index in [2.05, 4.69) is 0 Å². The third-order valence-corrected chi connectivity index (χ3v) is 4.14. The third-order valence-electron chi connectivity index (χ3n) is 4.14. The van der Waals surface area contributed by atoms with Gasteiger partial charge in [-0.2, -0.15) is 0 Å². The summed E-state index contributed by atoms with van der Waals surface area (Å²) in [4.78, 5) is 10.5. The molecular formula is C14H18O3. The summed E-state index contributed by atoms with van der Waals surface area (Å²) in [5, 5.41) is 9.29. The van der Waals surface area contributed by atoms with Gasteiger partial charge in [0.05, 0.1) is 6.61 Å². The molecule has 17 heavy (non-hydrogen) atoms. The minimum Gasteiger partial charge on any atom is -0.508 e. The lowest BCUT2D eigenvalue weighted by atomic mass is 9.75. The van der Waals surface area contributed by atoms with Crippen LogP contribution in [-0.4, -0.2) is 17.3 Å². The minimum absolute atomic E-state index is 0.00736. The maximum absolute atomic E-state index is 9.29. The van der Waals surface area contributed by atoms with Crippen molar-refractivity contribution in [2.24, 2.45) is 0 Å². The number of benzene rings is 1. The predicted molar refractivity (Wildman–Crippen MR) is 63.7 cm³/mol. The Balaban J connectivity index is 1.66. The number of rotatable bonds is 1. The number of hydrogen-bond donors (Lipinski definition) is 1. The molecule has 1 saturated heterocycles. The van der Waals surface area contributed by atoms with Gasteiger partial charge in [0.15, 0.2) is 0 Å². The van der Waals surface area contributed by atoms with Gasteiger partial charge in [0, 0.05) is 6.42 Å². The van der Waals surface area contributed by atoms with E-state index >= 15 is 0 Å². The lowest BCUT2D eigenvalue weighted by Gasteiger charge is -2.34. The highest BCUT2D eigenvalue weighted by molar-refractivity contribution is 5.28. The molecule has 3 rings (SSSR count). The van der Waals surface area contributed by atoms with Crippen molar-refractivity contribution >= 4 is 0 Å². The van der Waals surface area contributed by atoms with E-state index in [4.69, 9.17) is 9.78 Å². The van der Waals surface area contributed by atoms with E-state index in [0.29, 0.717) is 11.7 Å². The average Bonchev–Trinajstić information content (AvgIpc) is 2.80. The first kappa shape index (κ1) is 11.1. The molecule has 0 aromatic heterocycles. The Kier molecular flexibility index (Phi) is 2.81. The zero-order valence-electron chi connectivity index (χ0n) is 9.89. The van der Waals surface area contributed by atoms with Crippen molar-refractivity contribution in [2.75, 3.05) is 6.61 Å². The molecule has 1 aliphatic heterocycles. The van der Waals surface area contributed by atoms with Crippen LogP contribution in [0.3, 0.4) is 0 Å². The van der Waals surface area contributed by atoms with Crippen LogP contribution in [0.4, 0.5) is 0 Å². The van der Waals surface area contributed by atoms with Gasteiger partial charge in [0.1, 0.15) is 11.4 Å². The van der Waals surface area contributed by atoms with E-state index in [9.17, 15) is 5.11 Å². The summed E-state index contributed by atoms with van der Waals surface area (Å²) in [6, 6.07) is 7.61. The van der Waals surface area contributed by atoms with Crippen molar-refractivity contribution in [2.45, 2.75) is 43.6 Å². The second-order valence-corrected chi connectivity index (χ2v) is 5.20. The molecule has 2 aliphatic rings. The van der Waals surface area contributed by atoms with Gasteiger partial charge in [-0.25, -0.2) is 9.78 Å². The van der Waals surface area contributed by atoms with Crippen LogP contribution in [0.5, 0.6) is 5.75 Å². The molecule has 1 aromatic carbocycles. The fourth-order valence-corrected chi connectivity index (χ4v) is 2.99. The molecule has 1 aromatic rings. The van der Waals surface area contributed by atoms with E-state index in [1.54, 1.807) is 12.1 Å². The third kappa shape index (κ3) is 2.17. The monoisotopic (exact) mass is 234 g/mol. The lowest BCUT2D eigenvalue weighted by Crippen LogP contribution is -2.32. The van der Waals surface area contributed by atoms with Crippen LogP contribution in [0.25, 0.3) is 0 Å². The molecule has 1 saturated carbocycles. The SMILES string of the molecule is Oc1ccc(C2CCC3(CCOO3)CC2)cc1. The van der Waals surface area contributed by atoms with Gasteiger partial charge in [0.25, 0.3) is 0 Å². The van der Waals surface area contributed by atoms with Crippen molar-refractivity contribution < 1.29 is 14.9 Å². The standard InChI is InChI=1S/C14H18O3/c15-13-3-1-11(2-4-13)12-5-7-14(8-6-12)9-10-16-17-14/h1-4,12,15H,5-10H2. The average molecular weight is 234 g/mol. The van der Waals surface area contributed by atoms with Gasteiger partial charge >= 0.3 is 0 Å². The second-order valence-electron chi connectivity index (χ2n) is 5.20. The maximum Gasteiger partial charge on any atom is 0.115 e. The first-order valence-electron chi connectivity index (χ1n) is 6.37. The maximum atomic E-state index is 9.29. The molecule has 1 heterocycles. The quantitative estimate of drug-likeness (QED) is 0.759. The van der Waals surface area contributed by atoms with E-state index in [-0.39, 0.29) is 5.60 Å². The molecule has 0 bridgehead atoms. The van der Waals surface area contributed by atoms with E-state index in [0.717, 1.165) is 38.7 Å². The molecule has 1 aliphatic carbocycles. The summed E-state index contributed by atoms with van der Waals surface area (Å²) in [5.74, 6) is 0.944. The summed E-state index contributed by atoms with van der Waals surface area (Å²) in [5.41, 5.74) is 1.34. The van der Waals surface area contributed by atoms with E-state index in [1.165, 1.54) is 5.56 Å². The topological polar surface area (TPSA) is 38.7 Å². The normalized spacial score (nSPS) is 33.1. The summed E-state index contributed by atoms with van der Waals surface area (Å²) < 4.78 is 0. The van der Waals surface area contributed by atoms with E-state index in [1.807, 2.05) is 12.1 Å². The van der Waals surface area contributed by atoms with Crippen molar-refractivity contribution in [1.29, 1.82) is 0 Å². The van der Waals surface area contributed by atoms with Gasteiger partial charge in [-0.3, -0.25) is 0 Å². The van der Waals surface area contributed by atoms with Gasteiger partial charge in [0.2, 0.25) is 0 Å². The number of phenolic OH excluding ortho intramolecular Hbond substituents is 1. The minimum atomic E-state index is 0.00736. The zero-order valence-corrected chi connectivity index (χ0v) is 9.89. The van der Waals surface area contributed by atoms with Crippen molar-refractivity contribution in [3.63, 3.8) is 0 Å². The highest BCUT2D eigenvalue weighted by Crippen LogP contribution is 2.43. The molecule has 3 nitrogen and oxygen atoms in total. The van der Waals surface area contributed by atoms with Crippen LogP contribution in [0, 0.1) is 0 Å². The van der Waals surface area contributed by atoms with E-state index < -0.39 is 0 Å². The number of aromatic hydroxyl groups is 1. The van der Waals surface area contributed by atoms with Crippen molar-refractivity contribution in [3.05, 3.63) is 29.8 Å². The Bertz CT molecular complexity index is 369. The van der Waals surface area contributed by atoms with Crippen LogP contribution in [0.2, 0.25) is 0 Å². The smallest absolute Gasteiger partial charge is 0.115 e. The van der Waals surface area contributed by atoms with Crippen LogP contribution in [0.15, 0.2) is 24.3 Å². The largest absolute Gasteiger partial charge is 0.508 e. The van der Waals surface area contributed by atoms with Crippen LogP contribution >= 0.6 is 0 Å². The van der Waals surface area contributed by atoms with Crippen molar-refractivity contribution in [1.82, 2.24) is 0 Å². The molecule has 0 atom stereocenters. The molecule has 0 radical (unpaired) electrons. The molecule has 0 unspecified atom stereocenters. The molecule has 3 heteroatoms. The van der Waals surface area contributed by atoms with Crippen molar-refractivity contribution in [3.8, 4) is 5.75 Å².